The third-order valence-corrected chi connectivity index (χ3v) is 2.66. The Labute approximate surface area is 126 Å². The lowest BCUT2D eigenvalue weighted by Crippen LogP contribution is -2.07. The van der Waals surface area contributed by atoms with Gasteiger partial charge in [-0.1, -0.05) is 13.8 Å². The predicted octanol–water partition coefficient (Wildman–Crippen LogP) is 4.29. The Bertz CT molecular complexity index is 664. The third kappa shape index (κ3) is 3.63. The summed E-state index contributed by atoms with van der Waals surface area (Å²) >= 11 is 0. The number of nitrogens with zero attached hydrogens (tertiary/aromatic N) is 1. The van der Waals surface area contributed by atoms with E-state index >= 15 is 0 Å². The molecule has 1 aromatic heterocycles. The van der Waals surface area contributed by atoms with E-state index in [2.05, 4.69) is 9.72 Å². The first-order valence-electron chi connectivity index (χ1n) is 6.65. The summed E-state index contributed by atoms with van der Waals surface area (Å²) in [6, 6.07) is 4.11. The van der Waals surface area contributed by atoms with E-state index in [0.717, 1.165) is 31.4 Å². The minimum absolute atomic E-state index is 0.233. The molecule has 22 heavy (non-hydrogen) atoms. The van der Waals surface area contributed by atoms with Crippen LogP contribution in [0.5, 0.6) is 0 Å². The van der Waals surface area contributed by atoms with Crippen LogP contribution >= 0.6 is 0 Å². The molecule has 0 amide bonds. The Morgan fingerprint density at radius 2 is 1.59 bits per heavy atom. The van der Waals surface area contributed by atoms with Gasteiger partial charge in [0.1, 0.15) is 28.8 Å². The van der Waals surface area contributed by atoms with Crippen molar-refractivity contribution in [1.82, 2.24) is 4.98 Å². The zero-order valence-corrected chi connectivity index (χ0v) is 12.7. The summed E-state index contributed by atoms with van der Waals surface area (Å²) in [6.45, 7) is 5.50. The summed E-state index contributed by atoms with van der Waals surface area (Å²) in [5, 5.41) is 0. The Morgan fingerprint density at radius 1 is 1.05 bits per heavy atom. The fourth-order valence-corrected chi connectivity index (χ4v) is 1.76. The van der Waals surface area contributed by atoms with Gasteiger partial charge in [0.15, 0.2) is 0 Å². The summed E-state index contributed by atoms with van der Waals surface area (Å²) in [6.07, 6.45) is 0. The van der Waals surface area contributed by atoms with E-state index < -0.39 is 34.7 Å². The van der Waals surface area contributed by atoms with Gasteiger partial charge in [-0.25, -0.2) is 22.9 Å². The van der Waals surface area contributed by atoms with Crippen LogP contribution in [-0.2, 0) is 4.74 Å². The van der Waals surface area contributed by atoms with E-state index in [1.165, 1.54) is 6.92 Å². The number of carbonyl (C=O) groups excluding carboxylic acids is 1. The number of aryl methyl sites for hydroxylation is 1. The maximum Gasteiger partial charge on any atom is 0.356 e. The molecule has 0 N–H and O–H groups in total. The van der Waals surface area contributed by atoms with E-state index in [9.17, 15) is 18.0 Å². The molecule has 2 aromatic rings. The number of hydrogen-bond donors (Lipinski definition) is 0. The van der Waals surface area contributed by atoms with Gasteiger partial charge in [0, 0.05) is 0 Å². The highest BCUT2D eigenvalue weighted by molar-refractivity contribution is 5.87. The van der Waals surface area contributed by atoms with Gasteiger partial charge in [0.05, 0.1) is 12.7 Å². The van der Waals surface area contributed by atoms with Gasteiger partial charge in [0.25, 0.3) is 0 Å². The number of rotatable bonds is 2. The molecule has 0 saturated heterocycles. The van der Waals surface area contributed by atoms with Crippen LogP contribution in [0.3, 0.4) is 0 Å². The number of hydrogen-bond acceptors (Lipinski definition) is 3. The molecule has 0 unspecified atom stereocenters. The van der Waals surface area contributed by atoms with Crippen molar-refractivity contribution in [2.24, 2.45) is 0 Å². The first-order chi connectivity index (χ1) is 10.4. The first kappa shape index (κ1) is 17.7. The zero-order valence-electron chi connectivity index (χ0n) is 12.7. The number of carbonyl (C=O) groups is 1. The van der Waals surface area contributed by atoms with Gasteiger partial charge >= 0.3 is 5.97 Å². The van der Waals surface area contributed by atoms with Crippen molar-refractivity contribution in [3.05, 3.63) is 53.0 Å². The van der Waals surface area contributed by atoms with Crippen LogP contribution in [-0.4, -0.2) is 18.1 Å². The summed E-state index contributed by atoms with van der Waals surface area (Å²) in [7, 11) is 1.13. The molecule has 0 aliphatic heterocycles. The summed E-state index contributed by atoms with van der Waals surface area (Å²) < 4.78 is 45.8. The van der Waals surface area contributed by atoms with Crippen molar-refractivity contribution in [1.29, 1.82) is 0 Å². The average molecular weight is 311 g/mol. The molecular weight excluding hydrogens is 295 g/mol. The largest absolute Gasteiger partial charge is 0.464 e. The zero-order chi connectivity index (χ0) is 16.9. The van der Waals surface area contributed by atoms with E-state index in [1.54, 1.807) is 0 Å². The number of halogens is 3. The molecule has 0 bridgehead atoms. The highest BCUT2D eigenvalue weighted by atomic mass is 19.1. The molecule has 0 spiro atoms. The molecule has 0 fully saturated rings. The van der Waals surface area contributed by atoms with Gasteiger partial charge in [-0.3, -0.25) is 0 Å². The van der Waals surface area contributed by atoms with Gasteiger partial charge in [-0.15, -0.1) is 0 Å². The van der Waals surface area contributed by atoms with E-state index in [1.807, 2.05) is 13.8 Å². The smallest absolute Gasteiger partial charge is 0.356 e. The van der Waals surface area contributed by atoms with Gasteiger partial charge in [-0.2, -0.15) is 0 Å². The van der Waals surface area contributed by atoms with E-state index in [0.29, 0.717) is 5.56 Å². The maximum atomic E-state index is 13.8. The summed E-state index contributed by atoms with van der Waals surface area (Å²) in [5.74, 6) is -3.65. The predicted molar refractivity (Wildman–Crippen MR) is 77.0 cm³/mol. The minimum Gasteiger partial charge on any atom is -0.464 e. The van der Waals surface area contributed by atoms with Crippen molar-refractivity contribution in [3.63, 3.8) is 0 Å². The molecule has 6 heteroatoms. The lowest BCUT2D eigenvalue weighted by Gasteiger charge is -2.08. The van der Waals surface area contributed by atoms with Crippen molar-refractivity contribution in [2.75, 3.05) is 7.11 Å². The molecule has 0 atom stereocenters. The lowest BCUT2D eigenvalue weighted by molar-refractivity contribution is 0.0594. The van der Waals surface area contributed by atoms with Crippen LogP contribution in [0, 0.1) is 24.4 Å². The number of ether oxygens (including phenoxy) is 1. The van der Waals surface area contributed by atoms with Gasteiger partial charge in [0.2, 0.25) is 0 Å². The molecule has 2 rings (SSSR count). The number of methoxy groups -OCH3 is 1. The Kier molecular flexibility index (Phi) is 6.10. The molecule has 118 valence electrons. The summed E-state index contributed by atoms with van der Waals surface area (Å²) in [5.41, 5.74) is -1.06. The van der Waals surface area contributed by atoms with Crippen LogP contribution in [0.15, 0.2) is 24.3 Å². The van der Waals surface area contributed by atoms with Crippen LogP contribution in [0.1, 0.15) is 29.9 Å². The second-order valence-corrected chi connectivity index (χ2v) is 4.12. The normalized spacial score (nSPS) is 9.77. The number of benzene rings is 1. The highest BCUT2D eigenvalue weighted by Crippen LogP contribution is 2.28. The molecule has 3 nitrogen and oxygen atoms in total. The van der Waals surface area contributed by atoms with Gasteiger partial charge in [-0.05, 0) is 36.8 Å². The van der Waals surface area contributed by atoms with Crippen molar-refractivity contribution >= 4 is 5.97 Å². The second-order valence-electron chi connectivity index (χ2n) is 4.12. The third-order valence-electron chi connectivity index (χ3n) is 2.66. The SMILES string of the molecule is CC.COC(=O)c1ccc(F)c(-c2c(F)cc(C)cc2F)n1. The lowest BCUT2D eigenvalue weighted by atomic mass is 10.1. The Balaban J connectivity index is 0.00000116. The second kappa shape index (κ2) is 7.59. The summed E-state index contributed by atoms with van der Waals surface area (Å²) in [4.78, 5) is 15.0. The number of esters is 1. The van der Waals surface area contributed by atoms with Crippen molar-refractivity contribution in [2.45, 2.75) is 20.8 Å². The quantitative estimate of drug-likeness (QED) is 0.777. The van der Waals surface area contributed by atoms with E-state index in [-0.39, 0.29) is 5.69 Å². The van der Waals surface area contributed by atoms with Crippen LogP contribution in [0.2, 0.25) is 0 Å². The van der Waals surface area contributed by atoms with Crippen LogP contribution in [0.4, 0.5) is 13.2 Å². The average Bonchev–Trinajstić information content (AvgIpc) is 2.49. The molecule has 0 saturated carbocycles. The topological polar surface area (TPSA) is 39.2 Å². The van der Waals surface area contributed by atoms with Gasteiger partial charge < -0.3 is 4.74 Å². The fourth-order valence-electron chi connectivity index (χ4n) is 1.76. The van der Waals surface area contributed by atoms with Crippen molar-refractivity contribution in [3.8, 4) is 11.3 Å². The Morgan fingerprint density at radius 3 is 2.09 bits per heavy atom. The van der Waals surface area contributed by atoms with Crippen LogP contribution in [0.25, 0.3) is 11.3 Å². The molecule has 0 aliphatic carbocycles. The minimum atomic E-state index is -0.948. The number of aromatic nitrogens is 1. The Hall–Kier alpha value is -2.37. The molecule has 0 aliphatic rings. The molecular formula is C16H16F3NO2. The number of pyridine rings is 1. The van der Waals surface area contributed by atoms with Crippen molar-refractivity contribution < 1.29 is 22.7 Å². The fraction of sp³-hybridized carbons (Fsp3) is 0.250. The standard InChI is InChI=1S/C14H10F3NO2.C2H6/c1-7-5-9(16)12(10(17)6-7)13-8(15)3-4-11(18-13)14(19)20-2;1-2/h3-6H,1-2H3;1-2H3. The molecule has 1 aromatic carbocycles. The maximum absolute atomic E-state index is 13.8. The molecule has 1 heterocycles. The first-order valence-corrected chi connectivity index (χ1v) is 6.65. The van der Waals surface area contributed by atoms with Crippen LogP contribution < -0.4 is 0 Å². The highest BCUT2D eigenvalue weighted by Gasteiger charge is 2.20. The van der Waals surface area contributed by atoms with E-state index in [4.69, 9.17) is 0 Å². The molecule has 0 radical (unpaired) electrons. The monoisotopic (exact) mass is 311 g/mol.